The van der Waals surface area contributed by atoms with Crippen LogP contribution < -0.4 is 4.74 Å². The van der Waals surface area contributed by atoms with E-state index >= 15 is 0 Å². The minimum atomic E-state index is -0.371. The zero-order valence-electron chi connectivity index (χ0n) is 15.7. The fourth-order valence-corrected chi connectivity index (χ4v) is 4.43. The number of aliphatic hydroxyl groups is 1. The summed E-state index contributed by atoms with van der Waals surface area (Å²) in [7, 11) is 1.67. The predicted octanol–water partition coefficient (Wildman–Crippen LogP) is 4.48. The molecular formula is C22H28O3. The van der Waals surface area contributed by atoms with Gasteiger partial charge >= 0.3 is 0 Å². The van der Waals surface area contributed by atoms with E-state index in [0.29, 0.717) is 6.42 Å². The molecule has 1 aromatic carbocycles. The molecule has 2 atom stereocenters. The van der Waals surface area contributed by atoms with Crippen molar-refractivity contribution in [1.82, 2.24) is 0 Å². The number of aryl methyl sites for hydroxylation is 1. The second-order valence-corrected chi connectivity index (χ2v) is 7.52. The van der Waals surface area contributed by atoms with E-state index in [0.717, 1.165) is 48.1 Å². The van der Waals surface area contributed by atoms with Gasteiger partial charge in [-0.15, -0.1) is 0 Å². The minimum Gasteiger partial charge on any atom is -0.497 e. The third kappa shape index (κ3) is 3.06. The lowest BCUT2D eigenvalue weighted by Crippen LogP contribution is -2.42. The number of benzene rings is 1. The van der Waals surface area contributed by atoms with E-state index in [1.807, 2.05) is 31.2 Å². The maximum Gasteiger partial charge on any atom is 0.184 e. The van der Waals surface area contributed by atoms with Crippen LogP contribution in [0.3, 0.4) is 0 Å². The van der Waals surface area contributed by atoms with Crippen molar-refractivity contribution in [3.8, 4) is 5.75 Å². The first-order valence-electron chi connectivity index (χ1n) is 9.21. The summed E-state index contributed by atoms with van der Waals surface area (Å²) < 4.78 is 5.31. The SMILES string of the molecule is CCc1cc(OC)ccc1/C=C1\C[C@@]2(C)C(=C(C)C1=O)CCC[C@@H]2O. The van der Waals surface area contributed by atoms with Crippen molar-refractivity contribution in [2.24, 2.45) is 5.41 Å². The van der Waals surface area contributed by atoms with Gasteiger partial charge in [-0.1, -0.05) is 25.5 Å². The van der Waals surface area contributed by atoms with E-state index < -0.39 is 0 Å². The number of ketones is 1. The Morgan fingerprint density at radius 3 is 2.84 bits per heavy atom. The van der Waals surface area contributed by atoms with Gasteiger partial charge in [0.1, 0.15) is 5.75 Å². The Labute approximate surface area is 150 Å². The maximum absolute atomic E-state index is 12.9. The number of Topliss-reactive ketones (excluding diaryl/α,β-unsaturated/α-hetero) is 1. The molecule has 0 radical (unpaired) electrons. The van der Waals surface area contributed by atoms with E-state index in [2.05, 4.69) is 13.8 Å². The van der Waals surface area contributed by atoms with Gasteiger partial charge in [-0.3, -0.25) is 4.79 Å². The molecule has 25 heavy (non-hydrogen) atoms. The smallest absolute Gasteiger partial charge is 0.184 e. The number of aliphatic hydroxyl groups excluding tert-OH is 1. The molecular weight excluding hydrogens is 312 g/mol. The number of carbonyl (C=O) groups excluding carboxylic acids is 1. The molecule has 3 rings (SSSR count). The van der Waals surface area contributed by atoms with Crippen LogP contribution >= 0.6 is 0 Å². The first-order chi connectivity index (χ1) is 11.9. The molecule has 0 aliphatic heterocycles. The van der Waals surface area contributed by atoms with Crippen LogP contribution in [0.15, 0.2) is 34.9 Å². The Balaban J connectivity index is 2.05. The molecule has 1 saturated carbocycles. The van der Waals surface area contributed by atoms with E-state index in [-0.39, 0.29) is 17.3 Å². The Morgan fingerprint density at radius 2 is 2.16 bits per heavy atom. The molecule has 1 fully saturated rings. The molecule has 0 bridgehead atoms. The quantitative estimate of drug-likeness (QED) is 0.825. The molecule has 2 aliphatic carbocycles. The second-order valence-electron chi connectivity index (χ2n) is 7.52. The number of allylic oxidation sites excluding steroid dienone is 2. The van der Waals surface area contributed by atoms with Crippen LogP contribution in [-0.2, 0) is 11.2 Å². The molecule has 0 aromatic heterocycles. The molecule has 3 heteroatoms. The molecule has 0 saturated heterocycles. The first kappa shape index (κ1) is 17.9. The zero-order valence-corrected chi connectivity index (χ0v) is 15.7. The lowest BCUT2D eigenvalue weighted by Gasteiger charge is -2.45. The fraction of sp³-hybridized carbons (Fsp3) is 0.500. The summed E-state index contributed by atoms with van der Waals surface area (Å²) in [6.45, 7) is 6.15. The van der Waals surface area contributed by atoms with Crippen molar-refractivity contribution >= 4 is 11.9 Å². The highest BCUT2D eigenvalue weighted by atomic mass is 16.5. The monoisotopic (exact) mass is 340 g/mol. The topological polar surface area (TPSA) is 46.5 Å². The molecule has 0 heterocycles. The largest absolute Gasteiger partial charge is 0.497 e. The number of carbonyl (C=O) groups is 1. The van der Waals surface area contributed by atoms with Gasteiger partial charge in [-0.05, 0) is 73.9 Å². The molecule has 0 amide bonds. The number of hydrogen-bond acceptors (Lipinski definition) is 3. The Morgan fingerprint density at radius 1 is 1.40 bits per heavy atom. The third-order valence-electron chi connectivity index (χ3n) is 6.03. The number of hydrogen-bond donors (Lipinski definition) is 1. The first-order valence-corrected chi connectivity index (χ1v) is 9.21. The van der Waals surface area contributed by atoms with Gasteiger partial charge in [0.15, 0.2) is 5.78 Å². The Hall–Kier alpha value is -1.87. The summed E-state index contributed by atoms with van der Waals surface area (Å²) in [5, 5.41) is 10.6. The second kappa shape index (κ2) is 6.80. The van der Waals surface area contributed by atoms with Gasteiger partial charge in [0.2, 0.25) is 0 Å². The number of methoxy groups -OCH3 is 1. The summed E-state index contributed by atoms with van der Waals surface area (Å²) in [5.74, 6) is 0.974. The van der Waals surface area contributed by atoms with Crippen LogP contribution in [0.5, 0.6) is 5.75 Å². The van der Waals surface area contributed by atoms with Gasteiger partial charge < -0.3 is 9.84 Å². The molecule has 0 spiro atoms. The van der Waals surface area contributed by atoms with E-state index in [1.165, 1.54) is 11.1 Å². The average Bonchev–Trinajstić information content (AvgIpc) is 2.61. The lowest BCUT2D eigenvalue weighted by atomic mass is 9.61. The van der Waals surface area contributed by atoms with Crippen molar-refractivity contribution in [2.45, 2.75) is 59.0 Å². The number of rotatable bonds is 3. The number of ether oxygens (including phenoxy) is 1. The van der Waals surface area contributed by atoms with Crippen molar-refractivity contribution in [1.29, 1.82) is 0 Å². The van der Waals surface area contributed by atoms with Crippen molar-refractivity contribution in [3.05, 3.63) is 46.0 Å². The van der Waals surface area contributed by atoms with Crippen LogP contribution in [0, 0.1) is 5.41 Å². The van der Waals surface area contributed by atoms with E-state index in [1.54, 1.807) is 7.11 Å². The highest BCUT2D eigenvalue weighted by Gasteiger charge is 2.45. The van der Waals surface area contributed by atoms with Gasteiger partial charge in [-0.2, -0.15) is 0 Å². The van der Waals surface area contributed by atoms with E-state index in [4.69, 9.17) is 4.74 Å². The summed E-state index contributed by atoms with van der Waals surface area (Å²) in [5.41, 5.74) is 4.74. The van der Waals surface area contributed by atoms with Crippen LogP contribution in [0.2, 0.25) is 0 Å². The third-order valence-corrected chi connectivity index (χ3v) is 6.03. The average molecular weight is 340 g/mol. The zero-order chi connectivity index (χ0) is 18.2. The normalized spacial score (nSPS) is 28.3. The van der Waals surface area contributed by atoms with Gasteiger partial charge in [0.25, 0.3) is 0 Å². The standard InChI is InChI=1S/C22H28O3/c1-5-15-12-18(25-4)10-9-16(15)11-17-13-22(3)19(14(2)21(17)24)7-6-8-20(22)23/h9-12,20,23H,5-8,13H2,1-4H3/b17-11+/t20-,22-/m0/s1. The van der Waals surface area contributed by atoms with Crippen LogP contribution in [0.25, 0.3) is 6.08 Å². The van der Waals surface area contributed by atoms with Crippen molar-refractivity contribution < 1.29 is 14.6 Å². The lowest BCUT2D eigenvalue weighted by molar-refractivity contribution is -0.113. The Bertz CT molecular complexity index is 757. The predicted molar refractivity (Wildman–Crippen MR) is 101 cm³/mol. The molecule has 1 N–H and O–H groups in total. The van der Waals surface area contributed by atoms with Crippen molar-refractivity contribution in [2.75, 3.05) is 7.11 Å². The van der Waals surface area contributed by atoms with E-state index in [9.17, 15) is 9.90 Å². The maximum atomic E-state index is 12.9. The summed E-state index contributed by atoms with van der Waals surface area (Å²) in [4.78, 5) is 12.9. The summed E-state index contributed by atoms with van der Waals surface area (Å²) in [6.07, 6.45) is 5.86. The molecule has 2 aliphatic rings. The van der Waals surface area contributed by atoms with Crippen LogP contribution in [0.4, 0.5) is 0 Å². The van der Waals surface area contributed by atoms with Crippen LogP contribution in [-0.4, -0.2) is 24.1 Å². The van der Waals surface area contributed by atoms with Crippen molar-refractivity contribution in [3.63, 3.8) is 0 Å². The Kier molecular flexibility index (Phi) is 4.88. The van der Waals surface area contributed by atoms with Gasteiger partial charge in [0.05, 0.1) is 13.2 Å². The highest BCUT2D eigenvalue weighted by Crippen LogP contribution is 2.50. The molecule has 1 aromatic rings. The minimum absolute atomic E-state index is 0.138. The molecule has 134 valence electrons. The fourth-order valence-electron chi connectivity index (χ4n) is 4.43. The highest BCUT2D eigenvalue weighted by molar-refractivity contribution is 6.12. The summed E-state index contributed by atoms with van der Waals surface area (Å²) >= 11 is 0. The van der Waals surface area contributed by atoms with Gasteiger partial charge in [0, 0.05) is 11.0 Å². The van der Waals surface area contributed by atoms with Gasteiger partial charge in [-0.25, -0.2) is 0 Å². The molecule has 0 unspecified atom stereocenters. The van der Waals surface area contributed by atoms with Crippen LogP contribution in [0.1, 0.15) is 57.6 Å². The number of fused-ring (bicyclic) bond motifs is 1. The summed E-state index contributed by atoms with van der Waals surface area (Å²) in [6, 6.07) is 5.99. The molecule has 3 nitrogen and oxygen atoms in total.